The number of hydrogen-bond acceptors (Lipinski definition) is 6. The molecule has 3 rings (SSSR count). The highest BCUT2D eigenvalue weighted by atomic mass is 16.5. The molecule has 0 saturated heterocycles. The molecule has 2 atom stereocenters. The van der Waals surface area contributed by atoms with Gasteiger partial charge in [-0.15, -0.1) is 0 Å². The summed E-state index contributed by atoms with van der Waals surface area (Å²) >= 11 is 0. The molecule has 3 N–H and O–H groups in total. The summed E-state index contributed by atoms with van der Waals surface area (Å²) in [5.74, 6) is -0.0294. The number of rotatable bonds is 11. The Morgan fingerprint density at radius 2 is 2.00 bits per heavy atom. The fourth-order valence-electron chi connectivity index (χ4n) is 3.51. The number of hydrogen-bond donors (Lipinski definition) is 3. The lowest BCUT2D eigenvalue weighted by Gasteiger charge is -2.17. The van der Waals surface area contributed by atoms with E-state index in [1.807, 2.05) is 61.5 Å². The zero-order valence-corrected chi connectivity index (χ0v) is 18.3. The Bertz CT molecular complexity index is 855. The van der Waals surface area contributed by atoms with Crippen LogP contribution >= 0.6 is 0 Å². The lowest BCUT2D eigenvalue weighted by Crippen LogP contribution is -2.32. The van der Waals surface area contributed by atoms with Gasteiger partial charge in [0, 0.05) is 32.2 Å². The van der Waals surface area contributed by atoms with Crippen molar-refractivity contribution in [2.24, 2.45) is 5.10 Å². The van der Waals surface area contributed by atoms with E-state index in [1.54, 1.807) is 11.9 Å². The quantitative estimate of drug-likeness (QED) is 0.482. The van der Waals surface area contributed by atoms with Crippen molar-refractivity contribution in [3.05, 3.63) is 71.3 Å². The highest BCUT2D eigenvalue weighted by Gasteiger charge is 2.21. The van der Waals surface area contributed by atoms with Gasteiger partial charge in [-0.1, -0.05) is 42.5 Å². The van der Waals surface area contributed by atoms with Crippen molar-refractivity contribution in [2.75, 3.05) is 33.3 Å². The van der Waals surface area contributed by atoms with E-state index in [4.69, 9.17) is 4.74 Å². The molecule has 1 amide bonds. The third kappa shape index (κ3) is 6.89. The maximum absolute atomic E-state index is 12.7. The van der Waals surface area contributed by atoms with Crippen LogP contribution in [0.1, 0.15) is 40.9 Å². The maximum atomic E-state index is 12.7. The monoisotopic (exact) mass is 424 g/mol. The summed E-state index contributed by atoms with van der Waals surface area (Å²) in [4.78, 5) is 14.4. The first-order chi connectivity index (χ1) is 15.1. The highest BCUT2D eigenvalue weighted by molar-refractivity contribution is 5.98. The van der Waals surface area contributed by atoms with Crippen molar-refractivity contribution < 1.29 is 14.6 Å². The van der Waals surface area contributed by atoms with Gasteiger partial charge in [-0.05, 0) is 43.1 Å². The van der Waals surface area contributed by atoms with Crippen molar-refractivity contribution in [2.45, 2.75) is 32.1 Å². The van der Waals surface area contributed by atoms with Crippen LogP contribution in [0.4, 0.5) is 0 Å². The van der Waals surface area contributed by atoms with Crippen molar-refractivity contribution in [3.63, 3.8) is 0 Å². The van der Waals surface area contributed by atoms with Gasteiger partial charge in [-0.3, -0.25) is 10.2 Å². The molecule has 0 bridgehead atoms. The largest absolute Gasteiger partial charge is 0.387 e. The Kier molecular flexibility index (Phi) is 8.58. The van der Waals surface area contributed by atoms with Gasteiger partial charge in [0.2, 0.25) is 0 Å². The second-order valence-corrected chi connectivity index (χ2v) is 7.69. The molecule has 7 heteroatoms. The number of amides is 1. The van der Waals surface area contributed by atoms with Gasteiger partial charge in [-0.25, -0.2) is 0 Å². The van der Waals surface area contributed by atoms with E-state index in [-0.39, 0.29) is 12.1 Å². The number of carbonyl (C=O) groups excluding carboxylic acids is 1. The molecule has 0 aromatic heterocycles. The van der Waals surface area contributed by atoms with E-state index in [0.29, 0.717) is 31.7 Å². The summed E-state index contributed by atoms with van der Waals surface area (Å²) in [6.45, 7) is 4.32. The number of aliphatic hydroxyl groups is 1. The minimum atomic E-state index is -0.514. The zero-order valence-electron chi connectivity index (χ0n) is 18.3. The highest BCUT2D eigenvalue weighted by Crippen LogP contribution is 2.12. The van der Waals surface area contributed by atoms with Gasteiger partial charge < -0.3 is 20.1 Å². The fraction of sp³-hybridized carbons (Fsp3) is 0.417. The number of benzene rings is 2. The van der Waals surface area contributed by atoms with Gasteiger partial charge in [-0.2, -0.15) is 5.10 Å². The molecule has 1 heterocycles. The molecule has 2 aromatic carbocycles. The average Bonchev–Trinajstić information content (AvgIpc) is 3.24. The Morgan fingerprint density at radius 1 is 1.26 bits per heavy atom. The van der Waals surface area contributed by atoms with Gasteiger partial charge in [0.05, 0.1) is 18.4 Å². The molecule has 0 saturated carbocycles. The van der Waals surface area contributed by atoms with Crippen LogP contribution in [0, 0.1) is 0 Å². The van der Waals surface area contributed by atoms with Crippen LogP contribution in [0.2, 0.25) is 0 Å². The minimum absolute atomic E-state index is 0.0294. The second kappa shape index (κ2) is 11.6. The van der Waals surface area contributed by atoms with E-state index in [1.165, 1.54) is 0 Å². The van der Waals surface area contributed by atoms with E-state index in [9.17, 15) is 9.90 Å². The van der Waals surface area contributed by atoms with Gasteiger partial charge in [0.1, 0.15) is 6.23 Å². The number of ether oxygens (including phenoxy) is 1. The van der Waals surface area contributed by atoms with Crippen LogP contribution in [-0.2, 0) is 11.2 Å². The third-order valence-corrected chi connectivity index (χ3v) is 5.24. The molecule has 166 valence electrons. The number of aliphatic hydroxyl groups excluding tert-OH is 1. The molecule has 0 radical (unpaired) electrons. The molecule has 0 aliphatic carbocycles. The van der Waals surface area contributed by atoms with E-state index >= 15 is 0 Å². The maximum Gasteiger partial charge on any atom is 0.253 e. The van der Waals surface area contributed by atoms with Crippen LogP contribution in [0.15, 0.2) is 59.7 Å². The van der Waals surface area contributed by atoms with Crippen LogP contribution in [-0.4, -0.2) is 61.1 Å². The molecule has 1 aliphatic rings. The molecule has 7 nitrogen and oxygen atoms in total. The summed E-state index contributed by atoms with van der Waals surface area (Å²) in [6, 6.07) is 17.3. The predicted molar refractivity (Wildman–Crippen MR) is 122 cm³/mol. The van der Waals surface area contributed by atoms with E-state index in [0.717, 1.165) is 29.8 Å². The smallest absolute Gasteiger partial charge is 0.253 e. The second-order valence-electron chi connectivity index (χ2n) is 7.69. The van der Waals surface area contributed by atoms with E-state index < -0.39 is 6.10 Å². The first-order valence-electron chi connectivity index (χ1n) is 10.8. The summed E-state index contributed by atoms with van der Waals surface area (Å²) in [6.07, 6.45) is 0.911. The Hall–Kier alpha value is -2.74. The topological polar surface area (TPSA) is 86.2 Å². The molecule has 0 spiro atoms. The first-order valence-corrected chi connectivity index (χ1v) is 10.8. The molecular formula is C24H32N4O3. The number of nitrogens with one attached hydrogen (secondary N) is 2. The molecule has 2 aromatic rings. The lowest BCUT2D eigenvalue weighted by molar-refractivity contribution is 0.0513. The van der Waals surface area contributed by atoms with Crippen molar-refractivity contribution in [1.29, 1.82) is 0 Å². The number of hydrazone groups is 1. The zero-order chi connectivity index (χ0) is 22.1. The summed E-state index contributed by atoms with van der Waals surface area (Å²) in [7, 11) is 1.79. The van der Waals surface area contributed by atoms with Crippen molar-refractivity contribution in [1.82, 2.24) is 15.6 Å². The Morgan fingerprint density at radius 3 is 2.71 bits per heavy atom. The summed E-state index contributed by atoms with van der Waals surface area (Å²) < 4.78 is 5.50. The minimum Gasteiger partial charge on any atom is -0.387 e. The lowest BCUT2D eigenvalue weighted by atomic mass is 10.1. The Balaban J connectivity index is 1.40. The first kappa shape index (κ1) is 22.9. The van der Waals surface area contributed by atoms with Crippen molar-refractivity contribution >= 4 is 11.6 Å². The van der Waals surface area contributed by atoms with Crippen LogP contribution in [0.5, 0.6) is 0 Å². The molecule has 1 aliphatic heterocycles. The molecule has 1 unspecified atom stereocenters. The van der Waals surface area contributed by atoms with Gasteiger partial charge >= 0.3 is 0 Å². The van der Waals surface area contributed by atoms with Crippen LogP contribution < -0.4 is 10.7 Å². The number of nitrogens with zero attached hydrogens (tertiary/aromatic N) is 2. The summed E-state index contributed by atoms with van der Waals surface area (Å²) in [5, 5.41) is 17.7. The van der Waals surface area contributed by atoms with Crippen molar-refractivity contribution in [3.8, 4) is 0 Å². The predicted octanol–water partition coefficient (Wildman–Crippen LogP) is 2.34. The standard InChI is InChI=1S/C24H32N4O3/c1-3-31-23-15-21(26-27-23)17-28(2)24(30)20-11-9-18(10-12-20)13-14-25-16-22(29)19-7-5-4-6-8-19/h4-12,22-23,25,27,29H,3,13-17H2,1-2H3/t22-,23?/m0/s1. The fourth-order valence-corrected chi connectivity index (χ4v) is 3.51. The SMILES string of the molecule is CCOC1CC(CN(C)C(=O)c2ccc(CCNC[C@H](O)c3ccccc3)cc2)=NN1. The van der Waals surface area contributed by atoms with Gasteiger partial charge in [0.15, 0.2) is 0 Å². The normalized spacial score (nSPS) is 16.5. The molecule has 31 heavy (non-hydrogen) atoms. The number of carbonyl (C=O) groups is 1. The van der Waals surface area contributed by atoms with E-state index in [2.05, 4.69) is 15.8 Å². The summed E-state index contributed by atoms with van der Waals surface area (Å²) in [5.41, 5.74) is 6.57. The Labute approximate surface area is 184 Å². The van der Waals surface area contributed by atoms with Crippen LogP contribution in [0.3, 0.4) is 0 Å². The average molecular weight is 425 g/mol. The van der Waals surface area contributed by atoms with Gasteiger partial charge in [0.25, 0.3) is 5.91 Å². The molecule has 0 fully saturated rings. The molecular weight excluding hydrogens is 392 g/mol. The third-order valence-electron chi connectivity index (χ3n) is 5.24. The van der Waals surface area contributed by atoms with Crippen LogP contribution in [0.25, 0.3) is 0 Å².